The third kappa shape index (κ3) is 7.82. The molecule has 0 saturated heterocycles. The SMILES string of the molecule is CCCCCCCCCCN(CCCCCCCCCC)[C@@H]1C(=O)C(C(N)=O)=C(O)[C@@]2(O)C(=O)C3=C(O)c4c(O)cccc4[C@@](C)(O)C3CC12. The summed E-state index contributed by atoms with van der Waals surface area (Å²) in [6.07, 6.45) is 17.1. The fourth-order valence-electron chi connectivity index (χ4n) is 8.61. The highest BCUT2D eigenvalue weighted by Gasteiger charge is 2.66. The number of aliphatic hydroxyl groups is 4. The molecule has 1 saturated carbocycles. The van der Waals surface area contributed by atoms with Crippen LogP contribution in [0.1, 0.15) is 141 Å². The lowest BCUT2D eigenvalue weighted by atomic mass is 9.54. The van der Waals surface area contributed by atoms with Gasteiger partial charge in [-0.2, -0.15) is 0 Å². The number of fused-ring (bicyclic) bond motifs is 3. The third-order valence-electron chi connectivity index (χ3n) is 11.5. The summed E-state index contributed by atoms with van der Waals surface area (Å²) in [7, 11) is 0. The lowest BCUT2D eigenvalue weighted by Gasteiger charge is -2.53. The average Bonchev–Trinajstić information content (AvgIpc) is 3.07. The van der Waals surface area contributed by atoms with Crippen LogP contribution in [0, 0.1) is 11.8 Å². The molecule has 3 aliphatic carbocycles. The van der Waals surface area contributed by atoms with E-state index in [1.165, 1.54) is 70.4 Å². The topological polar surface area (TPSA) is 182 Å². The van der Waals surface area contributed by atoms with Gasteiger partial charge in [-0.3, -0.25) is 19.3 Å². The number of phenolic OH excluding ortho intramolecular Hbond substituents is 1. The minimum atomic E-state index is -2.77. The van der Waals surface area contributed by atoms with Crippen molar-refractivity contribution < 1.29 is 39.9 Å². The minimum absolute atomic E-state index is 0.146. The number of aliphatic hydroxyl groups excluding tert-OH is 2. The number of aromatic hydroxyl groups is 1. The number of benzene rings is 1. The van der Waals surface area contributed by atoms with Gasteiger partial charge in [-0.1, -0.05) is 116 Å². The highest BCUT2D eigenvalue weighted by molar-refractivity contribution is 6.24. The Kier molecular flexibility index (Phi) is 13.7. The molecule has 0 aliphatic heterocycles. The van der Waals surface area contributed by atoms with E-state index in [2.05, 4.69) is 13.8 Å². The van der Waals surface area contributed by atoms with Crippen molar-refractivity contribution >= 4 is 23.2 Å². The predicted molar refractivity (Wildman–Crippen MR) is 193 cm³/mol. The van der Waals surface area contributed by atoms with Crippen LogP contribution < -0.4 is 5.73 Å². The number of carbonyl (C=O) groups is 3. The first-order valence-electron chi connectivity index (χ1n) is 19.1. The Morgan fingerprint density at radius 1 is 0.820 bits per heavy atom. The van der Waals surface area contributed by atoms with E-state index in [-0.39, 0.29) is 28.9 Å². The van der Waals surface area contributed by atoms with Crippen LogP contribution in [0.4, 0.5) is 0 Å². The van der Waals surface area contributed by atoms with Crippen LogP contribution in [-0.2, 0) is 20.0 Å². The molecule has 1 amide bonds. The average molecular weight is 697 g/mol. The fourth-order valence-corrected chi connectivity index (χ4v) is 8.61. The number of phenols is 1. The van der Waals surface area contributed by atoms with Gasteiger partial charge in [0, 0.05) is 17.4 Å². The summed E-state index contributed by atoms with van der Waals surface area (Å²) in [6, 6.07) is 3.21. The molecule has 0 radical (unpaired) electrons. The normalized spacial score (nSPS) is 26.3. The van der Waals surface area contributed by atoms with Gasteiger partial charge in [-0.15, -0.1) is 0 Å². The molecule has 1 aromatic carbocycles. The first kappa shape index (κ1) is 39.6. The number of unbranched alkanes of at least 4 members (excludes halogenated alkanes) is 14. The van der Waals surface area contributed by atoms with E-state index < -0.39 is 63.6 Å². The zero-order valence-electron chi connectivity index (χ0n) is 30.4. The maximum absolute atomic E-state index is 14.5. The monoisotopic (exact) mass is 696 g/mol. The van der Waals surface area contributed by atoms with E-state index >= 15 is 0 Å². The standard InChI is InChI=1S/C40H60N2O8/c1-4-6-8-10-12-14-16-18-23-42(24-19-17-15-13-11-9-7-5-2)33-28-25-27-31(34(44)30-26(39(27,3)49)21-20-22-29(30)43)36(46)40(28,50)37(47)32(35(33)45)38(41)48/h20-22,27-28,33,43-44,47,49-50H,4-19,23-25H2,1-3H3,(H2,41,48)/t27?,28?,33-,39+,40-/m0/s1. The molecular weight excluding hydrogens is 636 g/mol. The van der Waals surface area contributed by atoms with Gasteiger partial charge in [0.15, 0.2) is 11.4 Å². The van der Waals surface area contributed by atoms with Crippen molar-refractivity contribution in [2.24, 2.45) is 17.6 Å². The number of nitrogens with zero attached hydrogens (tertiary/aromatic N) is 1. The van der Waals surface area contributed by atoms with Gasteiger partial charge in [0.2, 0.25) is 5.78 Å². The van der Waals surface area contributed by atoms with Crippen molar-refractivity contribution in [3.05, 3.63) is 46.2 Å². The lowest BCUT2D eigenvalue weighted by Crippen LogP contribution is -2.67. The molecule has 7 N–H and O–H groups in total. The van der Waals surface area contributed by atoms with Gasteiger partial charge >= 0.3 is 0 Å². The highest BCUT2D eigenvalue weighted by Crippen LogP contribution is 2.57. The van der Waals surface area contributed by atoms with E-state index in [9.17, 15) is 39.9 Å². The maximum Gasteiger partial charge on any atom is 0.255 e. The van der Waals surface area contributed by atoms with Crippen LogP contribution in [0.3, 0.4) is 0 Å². The summed E-state index contributed by atoms with van der Waals surface area (Å²) < 4.78 is 0. The first-order chi connectivity index (χ1) is 23.8. The zero-order chi connectivity index (χ0) is 36.6. The Labute approximate surface area is 297 Å². The van der Waals surface area contributed by atoms with Gasteiger partial charge in [0.05, 0.1) is 17.2 Å². The molecule has 0 aromatic heterocycles. The summed E-state index contributed by atoms with van der Waals surface area (Å²) in [5, 5.41) is 57.8. The Balaban J connectivity index is 1.69. The van der Waals surface area contributed by atoms with Crippen molar-refractivity contribution in [1.29, 1.82) is 0 Å². The van der Waals surface area contributed by atoms with Crippen molar-refractivity contribution in [1.82, 2.24) is 4.90 Å². The maximum atomic E-state index is 14.5. The summed E-state index contributed by atoms with van der Waals surface area (Å²) in [5.74, 6) is -7.58. The van der Waals surface area contributed by atoms with Crippen molar-refractivity contribution in [2.45, 2.75) is 147 Å². The van der Waals surface area contributed by atoms with Crippen molar-refractivity contribution in [2.75, 3.05) is 13.1 Å². The molecule has 10 nitrogen and oxygen atoms in total. The molecule has 0 bridgehead atoms. The molecule has 2 unspecified atom stereocenters. The first-order valence-corrected chi connectivity index (χ1v) is 19.1. The van der Waals surface area contributed by atoms with Crippen molar-refractivity contribution in [3.63, 3.8) is 0 Å². The van der Waals surface area contributed by atoms with Gasteiger partial charge in [-0.05, 0) is 50.9 Å². The van der Waals surface area contributed by atoms with Crippen LogP contribution >= 0.6 is 0 Å². The molecule has 3 aliphatic rings. The number of ketones is 2. The number of amides is 1. The second kappa shape index (κ2) is 17.3. The molecule has 5 atom stereocenters. The fraction of sp³-hybridized carbons (Fsp3) is 0.675. The number of Topliss-reactive ketones (excluding diaryl/α,β-unsaturated/α-hetero) is 2. The number of rotatable bonds is 20. The number of primary amides is 1. The van der Waals surface area contributed by atoms with Crippen LogP contribution in [0.25, 0.3) is 5.76 Å². The largest absolute Gasteiger partial charge is 0.508 e. The molecule has 0 spiro atoms. The number of hydrogen-bond donors (Lipinski definition) is 6. The second-order valence-corrected chi connectivity index (χ2v) is 15.0. The molecule has 10 heteroatoms. The molecular formula is C40H60N2O8. The second-order valence-electron chi connectivity index (χ2n) is 15.0. The number of hydrogen-bond acceptors (Lipinski definition) is 9. The smallest absolute Gasteiger partial charge is 0.255 e. The van der Waals surface area contributed by atoms with Crippen LogP contribution in [-0.4, -0.2) is 72.6 Å². The Morgan fingerprint density at radius 3 is 1.82 bits per heavy atom. The van der Waals surface area contributed by atoms with E-state index in [1.807, 2.05) is 4.90 Å². The Hall–Kier alpha value is -3.21. The minimum Gasteiger partial charge on any atom is -0.508 e. The summed E-state index contributed by atoms with van der Waals surface area (Å²) in [4.78, 5) is 43.4. The molecule has 0 heterocycles. The third-order valence-corrected chi connectivity index (χ3v) is 11.5. The highest BCUT2D eigenvalue weighted by atomic mass is 16.3. The number of nitrogens with two attached hydrogens (primary N) is 1. The Bertz CT molecular complexity index is 1430. The van der Waals surface area contributed by atoms with Gasteiger partial charge in [0.25, 0.3) is 5.91 Å². The van der Waals surface area contributed by atoms with E-state index in [4.69, 9.17) is 5.73 Å². The molecule has 1 fully saturated rings. The van der Waals surface area contributed by atoms with E-state index in [0.29, 0.717) is 13.1 Å². The number of carbonyl (C=O) groups excluding carboxylic acids is 3. The van der Waals surface area contributed by atoms with Gasteiger partial charge in [0.1, 0.15) is 22.8 Å². The molecule has 1 aromatic rings. The van der Waals surface area contributed by atoms with Crippen LogP contribution in [0.15, 0.2) is 35.1 Å². The lowest BCUT2D eigenvalue weighted by molar-refractivity contribution is -0.160. The molecule has 4 rings (SSSR count). The molecule has 278 valence electrons. The summed E-state index contributed by atoms with van der Waals surface area (Å²) >= 11 is 0. The predicted octanol–water partition coefficient (Wildman–Crippen LogP) is 6.65. The van der Waals surface area contributed by atoms with E-state index in [1.54, 1.807) is 6.07 Å². The van der Waals surface area contributed by atoms with Crippen LogP contribution in [0.2, 0.25) is 0 Å². The quantitative estimate of drug-likeness (QED) is 0.0642. The van der Waals surface area contributed by atoms with E-state index in [0.717, 1.165) is 51.4 Å². The molecule has 50 heavy (non-hydrogen) atoms. The van der Waals surface area contributed by atoms with Gasteiger partial charge in [-0.25, -0.2) is 0 Å². The summed E-state index contributed by atoms with van der Waals surface area (Å²) in [5.41, 5.74) is -0.0381. The van der Waals surface area contributed by atoms with Gasteiger partial charge < -0.3 is 31.3 Å². The van der Waals surface area contributed by atoms with Crippen molar-refractivity contribution in [3.8, 4) is 5.75 Å². The Morgan fingerprint density at radius 2 is 1.32 bits per heavy atom. The summed E-state index contributed by atoms with van der Waals surface area (Å²) in [6.45, 7) is 6.79. The van der Waals surface area contributed by atoms with Crippen LogP contribution in [0.5, 0.6) is 5.75 Å². The zero-order valence-corrected chi connectivity index (χ0v) is 30.4.